The fraction of sp³-hybridized carbons (Fsp3) is 0.312. The Morgan fingerprint density at radius 3 is 2.57 bits per heavy atom. The molecule has 2 aromatic rings. The molecule has 1 aromatic carbocycles. The van der Waals surface area contributed by atoms with E-state index in [1.807, 2.05) is 6.07 Å². The highest BCUT2D eigenvalue weighted by molar-refractivity contribution is 7.89. The van der Waals surface area contributed by atoms with Crippen molar-refractivity contribution < 1.29 is 17.6 Å². The molecule has 0 fully saturated rings. The van der Waals surface area contributed by atoms with Crippen LogP contribution >= 0.6 is 0 Å². The van der Waals surface area contributed by atoms with Gasteiger partial charge < -0.3 is 9.73 Å². The molecule has 23 heavy (non-hydrogen) atoms. The second kappa shape index (κ2) is 7.43. The SMILES string of the molecule is CN(C)S(=O)(=O)c1ccccc1CNC(=O)CCc1ccco1. The van der Waals surface area contributed by atoms with Crippen molar-refractivity contribution in [2.24, 2.45) is 0 Å². The van der Waals surface area contributed by atoms with Gasteiger partial charge in [0.25, 0.3) is 0 Å². The molecule has 124 valence electrons. The minimum Gasteiger partial charge on any atom is -0.469 e. The van der Waals surface area contributed by atoms with Gasteiger partial charge in [-0.2, -0.15) is 0 Å². The maximum atomic E-state index is 12.3. The van der Waals surface area contributed by atoms with E-state index < -0.39 is 10.0 Å². The van der Waals surface area contributed by atoms with Crippen LogP contribution in [0.3, 0.4) is 0 Å². The van der Waals surface area contributed by atoms with E-state index in [2.05, 4.69) is 5.32 Å². The van der Waals surface area contributed by atoms with Crippen molar-refractivity contribution in [3.63, 3.8) is 0 Å². The molecule has 0 aliphatic carbocycles. The van der Waals surface area contributed by atoms with Gasteiger partial charge in [-0.05, 0) is 23.8 Å². The zero-order valence-corrected chi connectivity index (χ0v) is 14.0. The topological polar surface area (TPSA) is 79.6 Å². The summed E-state index contributed by atoms with van der Waals surface area (Å²) < 4.78 is 30.9. The molecule has 0 aliphatic rings. The maximum Gasteiger partial charge on any atom is 0.242 e. The highest BCUT2D eigenvalue weighted by Gasteiger charge is 2.20. The number of benzene rings is 1. The van der Waals surface area contributed by atoms with Crippen LogP contribution in [0.25, 0.3) is 0 Å². The normalized spacial score (nSPS) is 11.6. The van der Waals surface area contributed by atoms with E-state index in [4.69, 9.17) is 4.42 Å². The number of furan rings is 1. The molecule has 1 aromatic heterocycles. The molecular weight excluding hydrogens is 316 g/mol. The summed E-state index contributed by atoms with van der Waals surface area (Å²) in [5, 5.41) is 2.75. The van der Waals surface area contributed by atoms with E-state index in [1.165, 1.54) is 14.1 Å². The molecule has 0 saturated carbocycles. The van der Waals surface area contributed by atoms with E-state index in [9.17, 15) is 13.2 Å². The molecule has 1 heterocycles. The summed E-state index contributed by atoms with van der Waals surface area (Å²) in [6.07, 6.45) is 2.36. The molecule has 0 unspecified atom stereocenters. The van der Waals surface area contributed by atoms with Gasteiger partial charge in [0.05, 0.1) is 11.2 Å². The molecule has 0 atom stereocenters. The van der Waals surface area contributed by atoms with Crippen molar-refractivity contribution in [2.75, 3.05) is 14.1 Å². The van der Waals surface area contributed by atoms with Gasteiger partial charge >= 0.3 is 0 Å². The summed E-state index contributed by atoms with van der Waals surface area (Å²) in [5.41, 5.74) is 0.563. The van der Waals surface area contributed by atoms with Crippen molar-refractivity contribution in [3.8, 4) is 0 Å². The van der Waals surface area contributed by atoms with Gasteiger partial charge in [-0.1, -0.05) is 18.2 Å². The number of sulfonamides is 1. The Morgan fingerprint density at radius 1 is 1.17 bits per heavy atom. The largest absolute Gasteiger partial charge is 0.469 e. The maximum absolute atomic E-state index is 12.3. The van der Waals surface area contributed by atoms with Crippen LogP contribution < -0.4 is 5.32 Å². The first-order valence-electron chi connectivity index (χ1n) is 7.21. The first kappa shape index (κ1) is 17.2. The van der Waals surface area contributed by atoms with E-state index in [-0.39, 0.29) is 23.8 Å². The van der Waals surface area contributed by atoms with Crippen LogP contribution in [0, 0.1) is 0 Å². The summed E-state index contributed by atoms with van der Waals surface area (Å²) >= 11 is 0. The van der Waals surface area contributed by atoms with Gasteiger partial charge in [0.1, 0.15) is 5.76 Å². The smallest absolute Gasteiger partial charge is 0.242 e. The zero-order chi connectivity index (χ0) is 16.9. The minimum absolute atomic E-state index is 0.154. The fourth-order valence-electron chi connectivity index (χ4n) is 2.07. The highest BCUT2D eigenvalue weighted by Crippen LogP contribution is 2.18. The Hall–Kier alpha value is -2.12. The molecule has 0 saturated heterocycles. The average molecular weight is 336 g/mol. The van der Waals surface area contributed by atoms with Crippen molar-refractivity contribution in [3.05, 3.63) is 54.0 Å². The van der Waals surface area contributed by atoms with Gasteiger partial charge in [0.2, 0.25) is 15.9 Å². The zero-order valence-electron chi connectivity index (χ0n) is 13.2. The molecule has 1 amide bonds. The van der Waals surface area contributed by atoms with Gasteiger partial charge in [0.15, 0.2) is 0 Å². The van der Waals surface area contributed by atoms with E-state index in [0.717, 1.165) is 10.1 Å². The molecular formula is C16H20N2O4S. The predicted molar refractivity (Wildman–Crippen MR) is 86.2 cm³/mol. The second-order valence-corrected chi connectivity index (χ2v) is 7.37. The summed E-state index contributed by atoms with van der Waals surface area (Å²) in [4.78, 5) is 12.1. The number of amides is 1. The first-order chi connectivity index (χ1) is 10.9. The average Bonchev–Trinajstić information content (AvgIpc) is 3.04. The standard InChI is InChI=1S/C16H20N2O4S/c1-18(2)23(20,21)15-8-4-3-6-13(15)12-17-16(19)10-9-14-7-5-11-22-14/h3-8,11H,9-10,12H2,1-2H3,(H,17,19). The molecule has 7 heteroatoms. The molecule has 0 radical (unpaired) electrons. The summed E-state index contributed by atoms with van der Waals surface area (Å²) in [6, 6.07) is 10.2. The number of nitrogens with zero attached hydrogens (tertiary/aromatic N) is 1. The third-order valence-electron chi connectivity index (χ3n) is 3.39. The Labute approximate surface area is 136 Å². The second-order valence-electron chi connectivity index (χ2n) is 5.25. The Bertz CT molecular complexity index is 752. The number of carbonyl (C=O) groups excluding carboxylic acids is 1. The summed E-state index contributed by atoms with van der Waals surface area (Å²) in [5.74, 6) is 0.592. The first-order valence-corrected chi connectivity index (χ1v) is 8.65. The lowest BCUT2D eigenvalue weighted by Gasteiger charge is -2.15. The predicted octanol–water partition coefficient (Wildman–Crippen LogP) is 1.78. The van der Waals surface area contributed by atoms with E-state index in [1.54, 1.807) is 36.6 Å². The number of nitrogens with one attached hydrogen (secondary N) is 1. The molecule has 0 bridgehead atoms. The number of aryl methyl sites for hydroxylation is 1. The number of rotatable bonds is 7. The summed E-state index contributed by atoms with van der Waals surface area (Å²) in [7, 11) is -0.576. The Balaban J connectivity index is 1.99. The van der Waals surface area contributed by atoms with Gasteiger partial charge in [-0.3, -0.25) is 4.79 Å². The van der Waals surface area contributed by atoms with Crippen molar-refractivity contribution in [1.82, 2.24) is 9.62 Å². The lowest BCUT2D eigenvalue weighted by molar-refractivity contribution is -0.121. The van der Waals surface area contributed by atoms with Crippen LogP contribution in [0.15, 0.2) is 52.0 Å². The van der Waals surface area contributed by atoms with Crippen LogP contribution in [-0.4, -0.2) is 32.7 Å². The van der Waals surface area contributed by atoms with Crippen molar-refractivity contribution in [2.45, 2.75) is 24.3 Å². The van der Waals surface area contributed by atoms with Crippen molar-refractivity contribution in [1.29, 1.82) is 0 Å². The molecule has 6 nitrogen and oxygen atoms in total. The number of carbonyl (C=O) groups is 1. The number of hydrogen-bond acceptors (Lipinski definition) is 4. The van der Waals surface area contributed by atoms with Crippen LogP contribution in [0.5, 0.6) is 0 Å². The monoisotopic (exact) mass is 336 g/mol. The third-order valence-corrected chi connectivity index (χ3v) is 5.30. The third kappa shape index (κ3) is 4.43. The quantitative estimate of drug-likeness (QED) is 0.836. The molecule has 2 rings (SSSR count). The van der Waals surface area contributed by atoms with Crippen molar-refractivity contribution >= 4 is 15.9 Å². The Kier molecular flexibility index (Phi) is 5.57. The van der Waals surface area contributed by atoms with Gasteiger partial charge in [-0.25, -0.2) is 12.7 Å². The lowest BCUT2D eigenvalue weighted by Crippen LogP contribution is -2.27. The van der Waals surface area contributed by atoms with Gasteiger partial charge in [0, 0.05) is 33.5 Å². The fourth-order valence-corrected chi connectivity index (χ4v) is 3.19. The highest BCUT2D eigenvalue weighted by atomic mass is 32.2. The number of hydrogen-bond donors (Lipinski definition) is 1. The van der Waals surface area contributed by atoms with Crippen LogP contribution in [0.1, 0.15) is 17.7 Å². The van der Waals surface area contributed by atoms with Crippen LogP contribution in [-0.2, 0) is 27.8 Å². The molecule has 0 spiro atoms. The van der Waals surface area contributed by atoms with Crippen LogP contribution in [0.2, 0.25) is 0 Å². The summed E-state index contributed by atoms with van der Waals surface area (Å²) in [6.45, 7) is 0.167. The van der Waals surface area contributed by atoms with Gasteiger partial charge in [-0.15, -0.1) is 0 Å². The molecule has 1 N–H and O–H groups in total. The Morgan fingerprint density at radius 2 is 1.91 bits per heavy atom. The van der Waals surface area contributed by atoms with E-state index in [0.29, 0.717) is 12.0 Å². The minimum atomic E-state index is -3.54. The lowest BCUT2D eigenvalue weighted by atomic mass is 10.2. The molecule has 0 aliphatic heterocycles. The van der Waals surface area contributed by atoms with E-state index >= 15 is 0 Å². The van der Waals surface area contributed by atoms with Crippen LogP contribution in [0.4, 0.5) is 0 Å².